The topological polar surface area (TPSA) is 61.1 Å². The molecule has 0 heterocycles. The molecule has 0 aliphatic heterocycles. The smallest absolute Gasteiger partial charge is 0.416 e. The second kappa shape index (κ2) is 4.87. The van der Waals surface area contributed by atoms with Crippen molar-refractivity contribution in [2.75, 3.05) is 0 Å². The van der Waals surface area contributed by atoms with Crippen LogP contribution in [0.15, 0.2) is 24.3 Å². The van der Waals surface area contributed by atoms with Crippen molar-refractivity contribution in [3.05, 3.63) is 35.4 Å². The van der Waals surface area contributed by atoms with E-state index in [4.69, 9.17) is 10.4 Å². The number of halogens is 3. The molecule has 3 nitrogen and oxygen atoms in total. The third kappa shape index (κ3) is 3.48. The Morgan fingerprint density at radius 1 is 1.35 bits per heavy atom. The van der Waals surface area contributed by atoms with E-state index >= 15 is 0 Å². The van der Waals surface area contributed by atoms with Crippen LogP contribution < -0.4 is 0 Å². The molecule has 0 bridgehead atoms. The highest BCUT2D eigenvalue weighted by Crippen LogP contribution is 2.29. The SMILES string of the molecule is N#CC(Cc1ccc(C(F)(F)F)cc1)C(=O)O. The largest absolute Gasteiger partial charge is 0.480 e. The molecule has 0 fully saturated rings. The maximum atomic E-state index is 12.2. The Morgan fingerprint density at radius 3 is 2.24 bits per heavy atom. The lowest BCUT2D eigenvalue weighted by atomic mass is 10.00. The summed E-state index contributed by atoms with van der Waals surface area (Å²) in [6.07, 6.45) is -4.52. The zero-order chi connectivity index (χ0) is 13.1. The molecular formula is C11H8F3NO2. The second-order valence-electron chi connectivity index (χ2n) is 3.42. The molecule has 1 aromatic rings. The minimum atomic E-state index is -4.42. The number of alkyl halides is 3. The van der Waals surface area contributed by atoms with Crippen molar-refractivity contribution in [3.8, 4) is 6.07 Å². The Hall–Kier alpha value is -2.03. The molecule has 0 spiro atoms. The molecule has 1 aromatic carbocycles. The zero-order valence-corrected chi connectivity index (χ0v) is 8.53. The number of nitrogens with zero attached hydrogens (tertiary/aromatic N) is 1. The van der Waals surface area contributed by atoms with Crippen LogP contribution in [-0.4, -0.2) is 11.1 Å². The normalized spacial score (nSPS) is 12.8. The first kappa shape index (κ1) is 13.0. The molecule has 1 rings (SSSR count). The van der Waals surface area contributed by atoms with Crippen molar-refractivity contribution in [2.45, 2.75) is 12.6 Å². The quantitative estimate of drug-likeness (QED) is 0.887. The minimum absolute atomic E-state index is 0.107. The molecule has 1 N–H and O–H groups in total. The lowest BCUT2D eigenvalue weighted by Gasteiger charge is -2.08. The first-order valence-electron chi connectivity index (χ1n) is 4.63. The van der Waals surface area contributed by atoms with E-state index in [1.807, 2.05) is 0 Å². The molecule has 0 aliphatic carbocycles. The van der Waals surface area contributed by atoms with E-state index in [0.29, 0.717) is 5.56 Å². The summed E-state index contributed by atoms with van der Waals surface area (Å²) in [6.45, 7) is 0. The van der Waals surface area contributed by atoms with Crippen LogP contribution in [0.1, 0.15) is 11.1 Å². The lowest BCUT2D eigenvalue weighted by molar-refractivity contribution is -0.140. The third-order valence-electron chi connectivity index (χ3n) is 2.18. The summed E-state index contributed by atoms with van der Waals surface area (Å²) >= 11 is 0. The van der Waals surface area contributed by atoms with Gasteiger partial charge in [-0.3, -0.25) is 4.79 Å². The first-order chi connectivity index (χ1) is 7.84. The highest BCUT2D eigenvalue weighted by atomic mass is 19.4. The Morgan fingerprint density at radius 2 is 1.88 bits per heavy atom. The molecule has 0 radical (unpaired) electrons. The van der Waals surface area contributed by atoms with E-state index < -0.39 is 23.6 Å². The van der Waals surface area contributed by atoms with Gasteiger partial charge in [0.15, 0.2) is 0 Å². The number of benzene rings is 1. The summed E-state index contributed by atoms with van der Waals surface area (Å²) < 4.78 is 36.7. The van der Waals surface area contributed by atoms with Crippen molar-refractivity contribution in [1.29, 1.82) is 5.26 Å². The molecule has 0 aliphatic rings. The van der Waals surface area contributed by atoms with Gasteiger partial charge in [-0.25, -0.2) is 0 Å². The molecule has 0 saturated carbocycles. The average molecular weight is 243 g/mol. The molecule has 0 saturated heterocycles. The van der Waals surface area contributed by atoms with Crippen LogP contribution in [0.2, 0.25) is 0 Å². The predicted molar refractivity (Wildman–Crippen MR) is 51.9 cm³/mol. The Bertz CT molecular complexity index is 445. The maximum absolute atomic E-state index is 12.2. The molecule has 1 unspecified atom stereocenters. The lowest BCUT2D eigenvalue weighted by Crippen LogP contribution is -2.14. The molecule has 17 heavy (non-hydrogen) atoms. The summed E-state index contributed by atoms with van der Waals surface area (Å²) in [5.74, 6) is -2.53. The van der Waals surface area contributed by atoms with E-state index in [1.165, 1.54) is 12.1 Å². The number of hydrogen-bond donors (Lipinski definition) is 1. The summed E-state index contributed by atoms with van der Waals surface area (Å²) in [6, 6.07) is 5.66. The van der Waals surface area contributed by atoms with Crippen molar-refractivity contribution >= 4 is 5.97 Å². The maximum Gasteiger partial charge on any atom is 0.416 e. The van der Waals surface area contributed by atoms with Crippen LogP contribution in [0, 0.1) is 17.2 Å². The number of rotatable bonds is 3. The number of aliphatic carboxylic acids is 1. The van der Waals surface area contributed by atoms with Crippen LogP contribution in [0.5, 0.6) is 0 Å². The number of carboxylic acids is 1. The van der Waals surface area contributed by atoms with E-state index in [1.54, 1.807) is 6.07 Å². The molecule has 1 atom stereocenters. The fourth-order valence-electron chi connectivity index (χ4n) is 1.25. The zero-order valence-electron chi connectivity index (χ0n) is 8.53. The Labute approximate surface area is 95.1 Å². The number of hydrogen-bond acceptors (Lipinski definition) is 2. The van der Waals surface area contributed by atoms with Gasteiger partial charge in [0.25, 0.3) is 0 Å². The van der Waals surface area contributed by atoms with Gasteiger partial charge in [-0.05, 0) is 24.1 Å². The highest BCUT2D eigenvalue weighted by Gasteiger charge is 2.30. The molecular weight excluding hydrogens is 235 g/mol. The average Bonchev–Trinajstić information content (AvgIpc) is 2.25. The fraction of sp³-hybridized carbons (Fsp3) is 0.273. The highest BCUT2D eigenvalue weighted by molar-refractivity contribution is 5.73. The van der Waals surface area contributed by atoms with Crippen molar-refractivity contribution in [1.82, 2.24) is 0 Å². The van der Waals surface area contributed by atoms with Gasteiger partial charge in [0.05, 0.1) is 11.6 Å². The predicted octanol–water partition coefficient (Wildman–Crippen LogP) is 2.47. The van der Waals surface area contributed by atoms with E-state index in [9.17, 15) is 18.0 Å². The number of carboxylic acid groups (broad SMARTS) is 1. The molecule has 6 heteroatoms. The van der Waals surface area contributed by atoms with Crippen LogP contribution in [0.25, 0.3) is 0 Å². The molecule has 90 valence electrons. The van der Waals surface area contributed by atoms with Crippen LogP contribution in [0.3, 0.4) is 0 Å². The van der Waals surface area contributed by atoms with Crippen molar-refractivity contribution in [2.24, 2.45) is 5.92 Å². The fourth-order valence-corrected chi connectivity index (χ4v) is 1.25. The van der Waals surface area contributed by atoms with Crippen molar-refractivity contribution < 1.29 is 23.1 Å². The summed E-state index contributed by atoms with van der Waals surface area (Å²) in [5, 5.41) is 17.1. The number of nitriles is 1. The van der Waals surface area contributed by atoms with Crippen LogP contribution in [-0.2, 0) is 17.4 Å². The van der Waals surface area contributed by atoms with E-state index in [2.05, 4.69) is 0 Å². The monoisotopic (exact) mass is 243 g/mol. The van der Waals surface area contributed by atoms with Crippen LogP contribution >= 0.6 is 0 Å². The first-order valence-corrected chi connectivity index (χ1v) is 4.63. The van der Waals surface area contributed by atoms with Gasteiger partial charge < -0.3 is 5.11 Å². The van der Waals surface area contributed by atoms with Gasteiger partial charge >= 0.3 is 12.1 Å². The van der Waals surface area contributed by atoms with Gasteiger partial charge in [-0.15, -0.1) is 0 Å². The molecule has 0 amide bonds. The summed E-state index contributed by atoms with van der Waals surface area (Å²) in [5.41, 5.74) is -0.419. The summed E-state index contributed by atoms with van der Waals surface area (Å²) in [7, 11) is 0. The van der Waals surface area contributed by atoms with Gasteiger partial charge in [-0.2, -0.15) is 18.4 Å². The Balaban J connectivity index is 2.83. The number of carbonyl (C=O) groups is 1. The summed E-state index contributed by atoms with van der Waals surface area (Å²) in [4.78, 5) is 10.6. The van der Waals surface area contributed by atoms with Gasteiger partial charge in [0, 0.05) is 0 Å². The second-order valence-corrected chi connectivity index (χ2v) is 3.42. The van der Waals surface area contributed by atoms with Crippen LogP contribution in [0.4, 0.5) is 13.2 Å². The Kier molecular flexibility index (Phi) is 3.73. The van der Waals surface area contributed by atoms with Gasteiger partial charge in [0.1, 0.15) is 5.92 Å². The van der Waals surface area contributed by atoms with E-state index in [0.717, 1.165) is 12.1 Å². The molecule has 0 aromatic heterocycles. The van der Waals surface area contributed by atoms with Gasteiger partial charge in [0.2, 0.25) is 0 Å². The van der Waals surface area contributed by atoms with Crippen molar-refractivity contribution in [3.63, 3.8) is 0 Å². The third-order valence-corrected chi connectivity index (χ3v) is 2.18. The minimum Gasteiger partial charge on any atom is -0.480 e. The van der Waals surface area contributed by atoms with Gasteiger partial charge in [-0.1, -0.05) is 12.1 Å². The van der Waals surface area contributed by atoms with E-state index in [-0.39, 0.29) is 6.42 Å². The standard InChI is InChI=1S/C11H8F3NO2/c12-11(13,14)9-3-1-7(2-4-9)5-8(6-15)10(16)17/h1-4,8H,5H2,(H,16,17).